The minimum absolute atomic E-state index is 0.107. The molecule has 0 saturated carbocycles. The van der Waals surface area contributed by atoms with Gasteiger partial charge in [0.15, 0.2) is 11.0 Å². The first kappa shape index (κ1) is 15.7. The quantitative estimate of drug-likeness (QED) is 0.762. The standard InChI is InChI=1S/C17H20N4OS/c1-4-5-10-21-14-9-7-6-8-13(14)20-16(21)15-11(2)18-17(23-15)19-12(3)22/h6-9H,4-5,10H2,1-3H3,(H,18,19,22). The summed E-state index contributed by atoms with van der Waals surface area (Å²) in [4.78, 5) is 21.5. The second-order valence-corrected chi connectivity index (χ2v) is 6.54. The molecule has 3 rings (SSSR count). The van der Waals surface area contributed by atoms with Gasteiger partial charge in [0.25, 0.3) is 0 Å². The minimum Gasteiger partial charge on any atom is -0.323 e. The predicted octanol–water partition coefficient (Wildman–Crippen LogP) is 4.23. The first-order chi connectivity index (χ1) is 11.1. The van der Waals surface area contributed by atoms with E-state index < -0.39 is 0 Å². The Morgan fingerprint density at radius 1 is 1.30 bits per heavy atom. The van der Waals surface area contributed by atoms with Crippen molar-refractivity contribution in [3.8, 4) is 10.7 Å². The van der Waals surface area contributed by atoms with Gasteiger partial charge in [-0.25, -0.2) is 9.97 Å². The number of carbonyl (C=O) groups excluding carboxylic acids is 1. The number of thiazole rings is 1. The number of hydrogen-bond donors (Lipinski definition) is 1. The van der Waals surface area contributed by atoms with Crippen LogP contribution < -0.4 is 5.32 Å². The van der Waals surface area contributed by atoms with E-state index in [0.717, 1.165) is 46.8 Å². The average molecular weight is 328 g/mol. The van der Waals surface area contributed by atoms with Gasteiger partial charge in [0, 0.05) is 13.5 Å². The van der Waals surface area contributed by atoms with E-state index in [0.29, 0.717) is 5.13 Å². The van der Waals surface area contributed by atoms with Crippen LogP contribution in [-0.4, -0.2) is 20.4 Å². The zero-order valence-corrected chi connectivity index (χ0v) is 14.4. The fourth-order valence-electron chi connectivity index (χ4n) is 2.60. The molecule has 0 unspecified atom stereocenters. The van der Waals surface area contributed by atoms with Gasteiger partial charge in [-0.1, -0.05) is 36.8 Å². The molecule has 0 atom stereocenters. The molecule has 0 spiro atoms. The molecule has 120 valence electrons. The Bertz CT molecular complexity index is 850. The molecular formula is C17H20N4OS. The zero-order valence-electron chi connectivity index (χ0n) is 13.6. The van der Waals surface area contributed by atoms with Crippen LogP contribution in [0.1, 0.15) is 32.4 Å². The number of imidazole rings is 1. The fraction of sp³-hybridized carbons (Fsp3) is 0.353. The van der Waals surface area contributed by atoms with E-state index in [9.17, 15) is 4.79 Å². The summed E-state index contributed by atoms with van der Waals surface area (Å²) in [7, 11) is 0. The maximum atomic E-state index is 11.3. The van der Waals surface area contributed by atoms with Crippen LogP contribution in [0, 0.1) is 6.92 Å². The molecule has 0 bridgehead atoms. The Hall–Kier alpha value is -2.21. The van der Waals surface area contributed by atoms with Crippen LogP contribution >= 0.6 is 11.3 Å². The van der Waals surface area contributed by atoms with Crippen LogP contribution in [0.25, 0.3) is 21.7 Å². The summed E-state index contributed by atoms with van der Waals surface area (Å²) < 4.78 is 2.26. The summed E-state index contributed by atoms with van der Waals surface area (Å²) in [6.45, 7) is 6.57. The lowest BCUT2D eigenvalue weighted by Crippen LogP contribution is -2.04. The molecule has 0 saturated heterocycles. The van der Waals surface area contributed by atoms with Crippen molar-refractivity contribution in [3.63, 3.8) is 0 Å². The highest BCUT2D eigenvalue weighted by Crippen LogP contribution is 2.34. The van der Waals surface area contributed by atoms with E-state index in [1.54, 1.807) is 0 Å². The predicted molar refractivity (Wildman–Crippen MR) is 94.8 cm³/mol. The summed E-state index contributed by atoms with van der Waals surface area (Å²) in [6.07, 6.45) is 2.23. The molecule has 1 amide bonds. The maximum absolute atomic E-state index is 11.3. The van der Waals surface area contributed by atoms with Gasteiger partial charge < -0.3 is 9.88 Å². The van der Waals surface area contributed by atoms with Gasteiger partial charge >= 0.3 is 0 Å². The van der Waals surface area contributed by atoms with Crippen molar-refractivity contribution < 1.29 is 4.79 Å². The summed E-state index contributed by atoms with van der Waals surface area (Å²) in [5.74, 6) is 0.830. The molecule has 3 aromatic rings. The molecule has 2 heterocycles. The number of unbranched alkanes of at least 4 members (excludes halogenated alkanes) is 1. The zero-order chi connectivity index (χ0) is 16.4. The first-order valence-electron chi connectivity index (χ1n) is 7.80. The third-order valence-corrected chi connectivity index (χ3v) is 4.74. The molecule has 1 N–H and O–H groups in total. The number of aryl methyl sites for hydroxylation is 2. The third kappa shape index (κ3) is 3.12. The van der Waals surface area contributed by atoms with Gasteiger partial charge in [-0.3, -0.25) is 4.79 Å². The number of amides is 1. The molecule has 0 aliphatic rings. The van der Waals surface area contributed by atoms with E-state index >= 15 is 0 Å². The second-order valence-electron chi connectivity index (χ2n) is 5.54. The molecule has 0 aliphatic heterocycles. The van der Waals surface area contributed by atoms with Crippen LogP contribution in [-0.2, 0) is 11.3 Å². The highest BCUT2D eigenvalue weighted by atomic mass is 32.1. The van der Waals surface area contributed by atoms with Crippen molar-refractivity contribution in [1.82, 2.24) is 14.5 Å². The van der Waals surface area contributed by atoms with E-state index in [4.69, 9.17) is 4.98 Å². The van der Waals surface area contributed by atoms with E-state index in [1.807, 2.05) is 25.1 Å². The van der Waals surface area contributed by atoms with Crippen LogP contribution in [0.3, 0.4) is 0 Å². The van der Waals surface area contributed by atoms with Gasteiger partial charge in [0.1, 0.15) is 0 Å². The number of carbonyl (C=O) groups is 1. The average Bonchev–Trinajstić information content (AvgIpc) is 3.04. The Balaban J connectivity index is 2.11. The number of aromatic nitrogens is 3. The monoisotopic (exact) mass is 328 g/mol. The molecule has 2 aromatic heterocycles. The van der Waals surface area contributed by atoms with E-state index in [1.165, 1.54) is 18.3 Å². The molecule has 0 radical (unpaired) electrons. The van der Waals surface area contributed by atoms with Gasteiger partial charge in [0.05, 0.1) is 21.6 Å². The number of para-hydroxylation sites is 2. The van der Waals surface area contributed by atoms with Crippen molar-refractivity contribution >= 4 is 33.4 Å². The number of benzene rings is 1. The van der Waals surface area contributed by atoms with Crippen LogP contribution in [0.15, 0.2) is 24.3 Å². The molecule has 23 heavy (non-hydrogen) atoms. The number of nitrogens with one attached hydrogen (secondary N) is 1. The summed E-state index contributed by atoms with van der Waals surface area (Å²) in [5.41, 5.74) is 3.03. The van der Waals surface area contributed by atoms with Gasteiger partial charge in [-0.2, -0.15) is 0 Å². The molecule has 0 aliphatic carbocycles. The fourth-order valence-corrected chi connectivity index (χ4v) is 3.61. The van der Waals surface area contributed by atoms with E-state index in [-0.39, 0.29) is 5.91 Å². The van der Waals surface area contributed by atoms with Crippen molar-refractivity contribution in [2.75, 3.05) is 5.32 Å². The van der Waals surface area contributed by atoms with Crippen molar-refractivity contribution in [3.05, 3.63) is 30.0 Å². The number of hydrogen-bond acceptors (Lipinski definition) is 4. The summed E-state index contributed by atoms with van der Waals surface area (Å²) >= 11 is 1.48. The Morgan fingerprint density at radius 3 is 2.83 bits per heavy atom. The van der Waals surface area contributed by atoms with Crippen molar-refractivity contribution in [1.29, 1.82) is 0 Å². The second kappa shape index (κ2) is 6.50. The maximum Gasteiger partial charge on any atom is 0.223 e. The summed E-state index contributed by atoms with van der Waals surface area (Å²) in [5, 5.41) is 3.39. The van der Waals surface area contributed by atoms with Gasteiger partial charge in [-0.05, 0) is 25.5 Å². The normalized spacial score (nSPS) is 11.1. The van der Waals surface area contributed by atoms with Crippen molar-refractivity contribution in [2.24, 2.45) is 0 Å². The van der Waals surface area contributed by atoms with Gasteiger partial charge in [-0.15, -0.1) is 0 Å². The lowest BCUT2D eigenvalue weighted by molar-refractivity contribution is -0.114. The van der Waals surface area contributed by atoms with Crippen molar-refractivity contribution in [2.45, 2.75) is 40.2 Å². The number of anilines is 1. The SMILES string of the molecule is CCCCn1c(-c2sc(NC(C)=O)nc2C)nc2ccccc21. The number of nitrogens with zero attached hydrogens (tertiary/aromatic N) is 3. The lowest BCUT2D eigenvalue weighted by atomic mass is 10.3. The smallest absolute Gasteiger partial charge is 0.223 e. The molecular weight excluding hydrogens is 308 g/mol. The number of fused-ring (bicyclic) bond motifs is 1. The minimum atomic E-state index is -0.107. The van der Waals surface area contributed by atoms with Gasteiger partial charge in [0.2, 0.25) is 5.91 Å². The van der Waals surface area contributed by atoms with Crippen LogP contribution in [0.5, 0.6) is 0 Å². The Labute approximate surface area is 139 Å². The Morgan fingerprint density at radius 2 is 2.09 bits per heavy atom. The Kier molecular flexibility index (Phi) is 4.43. The molecule has 5 nitrogen and oxygen atoms in total. The lowest BCUT2D eigenvalue weighted by Gasteiger charge is -2.07. The summed E-state index contributed by atoms with van der Waals surface area (Å²) in [6, 6.07) is 8.18. The highest BCUT2D eigenvalue weighted by molar-refractivity contribution is 7.19. The molecule has 1 aromatic carbocycles. The largest absolute Gasteiger partial charge is 0.323 e. The topological polar surface area (TPSA) is 59.8 Å². The van der Waals surface area contributed by atoms with Crippen LogP contribution in [0.4, 0.5) is 5.13 Å². The van der Waals surface area contributed by atoms with E-state index in [2.05, 4.69) is 27.9 Å². The molecule has 0 fully saturated rings. The highest BCUT2D eigenvalue weighted by Gasteiger charge is 2.18. The first-order valence-corrected chi connectivity index (χ1v) is 8.62. The van der Waals surface area contributed by atoms with Crippen LogP contribution in [0.2, 0.25) is 0 Å². The molecule has 6 heteroatoms. The number of rotatable bonds is 5. The third-order valence-electron chi connectivity index (χ3n) is 3.67.